The highest BCUT2D eigenvalue weighted by Crippen LogP contribution is 2.37. The van der Waals surface area contributed by atoms with Crippen molar-refractivity contribution in [2.45, 2.75) is 56.7 Å². The van der Waals surface area contributed by atoms with Crippen molar-refractivity contribution in [2.75, 3.05) is 38.1 Å². The molecule has 2 amide bonds. The first-order chi connectivity index (χ1) is 21.8. The molecule has 0 aromatic heterocycles. The fourth-order valence-electron chi connectivity index (χ4n) is 4.99. The molecule has 2 atom stereocenters. The molecule has 0 spiro atoms. The summed E-state index contributed by atoms with van der Waals surface area (Å²) >= 11 is 12.3. The second-order valence-corrected chi connectivity index (χ2v) is 12.3. The molecule has 0 aliphatic carbocycles. The summed E-state index contributed by atoms with van der Waals surface area (Å²) in [6.07, 6.45) is -4.34. The summed E-state index contributed by atoms with van der Waals surface area (Å²) in [6.45, 7) is 4.64. The summed E-state index contributed by atoms with van der Waals surface area (Å²) in [5, 5.41) is 34.3. The highest BCUT2D eigenvalue weighted by atomic mass is 35.5. The van der Waals surface area contributed by atoms with Crippen molar-refractivity contribution in [3.8, 4) is 5.75 Å². The van der Waals surface area contributed by atoms with E-state index in [1.54, 1.807) is 30.3 Å². The number of ether oxygens (including phenoxy) is 1. The van der Waals surface area contributed by atoms with Gasteiger partial charge in [0.05, 0.1) is 28.4 Å². The van der Waals surface area contributed by atoms with Crippen LogP contribution in [0.4, 0.5) is 18.9 Å². The van der Waals surface area contributed by atoms with Crippen LogP contribution in [-0.2, 0) is 9.59 Å². The first-order valence-corrected chi connectivity index (χ1v) is 15.1. The van der Waals surface area contributed by atoms with Gasteiger partial charge in [-0.1, -0.05) is 23.2 Å². The van der Waals surface area contributed by atoms with Crippen molar-refractivity contribution in [1.29, 1.82) is 0 Å². The average molecular weight is 708 g/mol. The van der Waals surface area contributed by atoms with Crippen LogP contribution in [0.5, 0.6) is 5.75 Å². The largest absolute Gasteiger partial charge is 0.490 e. The number of carboxylic acids is 2. The Kier molecular flexibility index (Phi) is 12.3. The topological polar surface area (TPSA) is 169 Å². The summed E-state index contributed by atoms with van der Waals surface area (Å²) < 4.78 is 37.4. The molecule has 2 saturated heterocycles. The molecule has 2 aromatic carbocycles. The molecule has 0 radical (unpaired) electrons. The number of anilines is 1. The number of hydrogen-bond donors (Lipinski definition) is 5. The second kappa shape index (κ2) is 15.4. The van der Waals surface area contributed by atoms with Crippen LogP contribution >= 0.6 is 23.2 Å². The quantitative estimate of drug-likeness (QED) is 0.273. The van der Waals surface area contributed by atoms with E-state index < -0.39 is 29.8 Å². The van der Waals surface area contributed by atoms with Gasteiger partial charge in [0.1, 0.15) is 5.75 Å². The van der Waals surface area contributed by atoms with Gasteiger partial charge in [0.15, 0.2) is 5.60 Å². The number of aliphatic hydroxyl groups excluding tert-OH is 1. The van der Waals surface area contributed by atoms with Crippen LogP contribution in [0.15, 0.2) is 36.4 Å². The lowest BCUT2D eigenvalue weighted by Gasteiger charge is -2.34. The third-order valence-corrected chi connectivity index (χ3v) is 8.14. The zero-order valence-corrected chi connectivity index (χ0v) is 27.1. The number of halogens is 5. The van der Waals surface area contributed by atoms with Crippen LogP contribution in [0.2, 0.25) is 10.0 Å². The van der Waals surface area contributed by atoms with Gasteiger partial charge in [-0.3, -0.25) is 9.59 Å². The lowest BCUT2D eigenvalue weighted by atomic mass is 10.0. The Morgan fingerprint density at radius 2 is 1.53 bits per heavy atom. The van der Waals surface area contributed by atoms with E-state index in [2.05, 4.69) is 10.6 Å². The standard InChI is InChI=1S/C28H34Cl2N4O6.C2HF3O2/c1-28(2,27(38)39)40-24-13-22(19(12-20(24)30)25(36)31-3)34-14-21(23(35)15-34)32-18-8-10-33(11-9-18)26(37)16-4-6-17(29)7-5-16;3-2(4,5)1(6)7/h4-7,12-13,18,21,23,32,35H,8-11,14-15H2,1-3H3,(H,31,36)(H,38,39);(H,6,7). The number of nitrogens with one attached hydrogen (secondary N) is 2. The van der Waals surface area contributed by atoms with E-state index in [-0.39, 0.29) is 46.8 Å². The van der Waals surface area contributed by atoms with E-state index in [9.17, 15) is 37.8 Å². The number of β-amino-alcohol motifs (C(OH)–C–C–N with tert-alkyl or cyclic N) is 1. The van der Waals surface area contributed by atoms with E-state index in [1.807, 2.05) is 9.80 Å². The highest BCUT2D eigenvalue weighted by molar-refractivity contribution is 6.32. The molecule has 0 bridgehead atoms. The Hall–Kier alpha value is -3.79. The number of carbonyl (C=O) groups excluding carboxylic acids is 2. The molecule has 5 N–H and O–H groups in total. The maximum Gasteiger partial charge on any atom is 0.490 e. The molecular formula is C30H35Cl2F3N4O8. The summed E-state index contributed by atoms with van der Waals surface area (Å²) in [6, 6.07) is 9.67. The molecule has 258 valence electrons. The number of carbonyl (C=O) groups is 4. The third-order valence-electron chi connectivity index (χ3n) is 7.60. The normalized spacial score (nSPS) is 18.7. The SMILES string of the molecule is CNC(=O)c1cc(Cl)c(OC(C)(C)C(=O)O)cc1N1CC(O)C(NC2CCN(C(=O)c3ccc(Cl)cc3)CC2)C1.O=C(O)C(F)(F)F. The Balaban J connectivity index is 0.000000771. The van der Waals surface area contributed by atoms with Crippen molar-refractivity contribution >= 4 is 52.6 Å². The Morgan fingerprint density at radius 1 is 0.957 bits per heavy atom. The molecule has 2 aliphatic rings. The summed E-state index contributed by atoms with van der Waals surface area (Å²) in [7, 11) is 1.51. The Labute approximate surface area is 278 Å². The van der Waals surface area contributed by atoms with E-state index in [4.69, 9.17) is 37.8 Å². The van der Waals surface area contributed by atoms with Crippen molar-refractivity contribution in [1.82, 2.24) is 15.5 Å². The predicted molar refractivity (Wildman–Crippen MR) is 166 cm³/mol. The molecule has 12 nitrogen and oxygen atoms in total. The minimum absolute atomic E-state index is 0.0317. The van der Waals surface area contributed by atoms with Gasteiger partial charge in [-0.2, -0.15) is 13.2 Å². The molecular weight excluding hydrogens is 672 g/mol. The number of nitrogens with zero attached hydrogens (tertiary/aromatic N) is 2. The number of alkyl halides is 3. The van der Waals surface area contributed by atoms with Gasteiger partial charge < -0.3 is 40.5 Å². The van der Waals surface area contributed by atoms with Crippen LogP contribution in [0.25, 0.3) is 0 Å². The lowest BCUT2D eigenvalue weighted by Crippen LogP contribution is -2.50. The molecule has 2 unspecified atom stereocenters. The second-order valence-electron chi connectivity index (χ2n) is 11.4. The van der Waals surface area contributed by atoms with Gasteiger partial charge in [-0.15, -0.1) is 0 Å². The zero-order valence-electron chi connectivity index (χ0n) is 25.6. The van der Waals surface area contributed by atoms with Crippen molar-refractivity contribution in [3.05, 3.63) is 57.6 Å². The number of aliphatic carboxylic acids is 2. The van der Waals surface area contributed by atoms with Crippen molar-refractivity contribution < 1.29 is 52.4 Å². The minimum atomic E-state index is -5.08. The molecule has 2 aromatic rings. The first kappa shape index (κ1) is 37.7. The molecule has 47 heavy (non-hydrogen) atoms. The van der Waals surface area contributed by atoms with Crippen LogP contribution in [0, 0.1) is 0 Å². The average Bonchev–Trinajstić information content (AvgIpc) is 3.37. The molecule has 0 saturated carbocycles. The number of benzene rings is 2. The molecule has 2 heterocycles. The maximum absolute atomic E-state index is 12.8. The first-order valence-electron chi connectivity index (χ1n) is 14.4. The summed E-state index contributed by atoms with van der Waals surface area (Å²) in [4.78, 5) is 49.7. The lowest BCUT2D eigenvalue weighted by molar-refractivity contribution is -0.192. The fourth-order valence-corrected chi connectivity index (χ4v) is 5.32. The molecule has 17 heteroatoms. The predicted octanol–water partition coefficient (Wildman–Crippen LogP) is 3.67. The fraction of sp³-hybridized carbons (Fsp3) is 0.467. The third kappa shape index (κ3) is 9.86. The van der Waals surface area contributed by atoms with E-state index >= 15 is 0 Å². The smallest absolute Gasteiger partial charge is 0.478 e. The van der Waals surface area contributed by atoms with Crippen molar-refractivity contribution in [2.24, 2.45) is 0 Å². The maximum atomic E-state index is 12.8. The van der Waals surface area contributed by atoms with Gasteiger partial charge in [-0.25, -0.2) is 9.59 Å². The highest BCUT2D eigenvalue weighted by Gasteiger charge is 2.39. The van der Waals surface area contributed by atoms with E-state index in [0.29, 0.717) is 35.9 Å². The minimum Gasteiger partial charge on any atom is -0.478 e. The van der Waals surface area contributed by atoms with Gasteiger partial charge in [0.25, 0.3) is 11.8 Å². The number of hydrogen-bond acceptors (Lipinski definition) is 8. The van der Waals surface area contributed by atoms with E-state index in [0.717, 1.165) is 12.8 Å². The van der Waals surface area contributed by atoms with Gasteiger partial charge in [0, 0.05) is 55.9 Å². The zero-order chi connectivity index (χ0) is 35.3. The number of carboxylic acid groups (broad SMARTS) is 2. The van der Waals surface area contributed by atoms with Gasteiger partial charge >= 0.3 is 18.1 Å². The molecule has 4 rings (SSSR count). The van der Waals surface area contributed by atoms with E-state index in [1.165, 1.54) is 27.0 Å². The van der Waals surface area contributed by atoms with Crippen molar-refractivity contribution in [3.63, 3.8) is 0 Å². The number of likely N-dealkylation sites (tertiary alicyclic amines) is 1. The molecule has 2 aliphatic heterocycles. The number of piperidine rings is 1. The Morgan fingerprint density at radius 3 is 2.04 bits per heavy atom. The molecule has 2 fully saturated rings. The summed E-state index contributed by atoms with van der Waals surface area (Å²) in [5.74, 6) is -4.20. The van der Waals surface area contributed by atoms with Crippen LogP contribution in [-0.4, -0.2) is 107 Å². The Bertz CT molecular complexity index is 1470. The van der Waals surface area contributed by atoms with Crippen LogP contribution < -0.4 is 20.3 Å². The van der Waals surface area contributed by atoms with Gasteiger partial charge in [0.2, 0.25) is 0 Å². The number of rotatable bonds is 8. The summed E-state index contributed by atoms with van der Waals surface area (Å²) in [5.41, 5.74) is -0.183. The van der Waals surface area contributed by atoms with Crippen LogP contribution in [0.3, 0.4) is 0 Å². The number of amides is 2. The monoisotopic (exact) mass is 706 g/mol. The number of aliphatic hydroxyl groups is 1. The van der Waals surface area contributed by atoms with Gasteiger partial charge in [-0.05, 0) is 57.0 Å². The van der Waals surface area contributed by atoms with Crippen LogP contribution in [0.1, 0.15) is 47.4 Å².